The van der Waals surface area contributed by atoms with Gasteiger partial charge in [0.15, 0.2) is 6.61 Å². The van der Waals surface area contributed by atoms with E-state index in [0.717, 1.165) is 12.8 Å². The first-order valence-corrected chi connectivity index (χ1v) is 8.14. The third-order valence-corrected chi connectivity index (χ3v) is 4.29. The lowest BCUT2D eigenvalue weighted by molar-refractivity contribution is -0.151. The molecule has 2 rings (SSSR count). The van der Waals surface area contributed by atoms with Crippen molar-refractivity contribution in [3.8, 4) is 0 Å². The number of thiophene rings is 1. The van der Waals surface area contributed by atoms with Crippen LogP contribution in [0.1, 0.15) is 29.4 Å². The molecule has 0 unspecified atom stereocenters. The number of nitrogens with zero attached hydrogens (tertiary/aromatic N) is 1. The van der Waals surface area contributed by atoms with E-state index in [1.54, 1.807) is 29.3 Å². The van der Waals surface area contributed by atoms with E-state index >= 15 is 0 Å². The molecule has 0 saturated carbocycles. The van der Waals surface area contributed by atoms with Gasteiger partial charge in [0, 0.05) is 13.1 Å². The fourth-order valence-corrected chi connectivity index (χ4v) is 2.96. The van der Waals surface area contributed by atoms with Crippen molar-refractivity contribution < 1.29 is 23.9 Å². The van der Waals surface area contributed by atoms with Crippen LogP contribution in [-0.4, -0.2) is 49.0 Å². The maximum atomic E-state index is 12.1. The molecule has 1 aromatic rings. The summed E-state index contributed by atoms with van der Waals surface area (Å²) in [5.41, 5.74) is 0. The fraction of sp³-hybridized carbons (Fsp3) is 0.533. The van der Waals surface area contributed by atoms with Gasteiger partial charge in [-0.25, -0.2) is 4.79 Å². The number of likely N-dealkylation sites (tertiary alicyclic amines) is 1. The molecule has 1 aliphatic heterocycles. The first-order valence-electron chi connectivity index (χ1n) is 7.27. The van der Waals surface area contributed by atoms with Crippen LogP contribution >= 0.6 is 11.3 Å². The topological polar surface area (TPSA) is 72.9 Å². The number of piperidine rings is 1. The quantitative estimate of drug-likeness (QED) is 0.771. The zero-order valence-corrected chi connectivity index (χ0v) is 13.3. The highest BCUT2D eigenvalue weighted by molar-refractivity contribution is 7.11. The van der Waals surface area contributed by atoms with Gasteiger partial charge in [-0.05, 0) is 31.2 Å². The zero-order valence-electron chi connectivity index (χ0n) is 12.4. The Labute approximate surface area is 133 Å². The van der Waals surface area contributed by atoms with Gasteiger partial charge in [0.2, 0.25) is 0 Å². The molecule has 7 heteroatoms. The van der Waals surface area contributed by atoms with Crippen molar-refractivity contribution in [1.82, 2.24) is 4.90 Å². The summed E-state index contributed by atoms with van der Waals surface area (Å²) in [5.74, 6) is -1.33. The van der Waals surface area contributed by atoms with Crippen molar-refractivity contribution in [3.05, 3.63) is 22.4 Å². The van der Waals surface area contributed by atoms with Crippen LogP contribution in [0.4, 0.5) is 0 Å². The molecule has 0 bridgehead atoms. The lowest BCUT2D eigenvalue weighted by atomic mass is 9.98. The number of amides is 1. The molecule has 1 aliphatic rings. The summed E-state index contributed by atoms with van der Waals surface area (Å²) in [7, 11) is 0. The number of hydrogen-bond donors (Lipinski definition) is 0. The van der Waals surface area contributed by atoms with E-state index in [1.165, 1.54) is 11.3 Å². The minimum absolute atomic E-state index is 0.268. The molecule has 1 atom stereocenters. The van der Waals surface area contributed by atoms with Gasteiger partial charge in [-0.1, -0.05) is 6.07 Å². The second-order valence-electron chi connectivity index (χ2n) is 4.98. The second kappa shape index (κ2) is 7.93. The van der Waals surface area contributed by atoms with Gasteiger partial charge in [0.1, 0.15) is 4.88 Å². The van der Waals surface area contributed by atoms with Gasteiger partial charge >= 0.3 is 11.9 Å². The fourth-order valence-electron chi connectivity index (χ4n) is 2.34. The molecule has 1 aromatic heterocycles. The molecule has 0 aliphatic carbocycles. The Bertz CT molecular complexity index is 528. The van der Waals surface area contributed by atoms with E-state index in [9.17, 15) is 14.4 Å². The van der Waals surface area contributed by atoms with Crippen molar-refractivity contribution >= 4 is 29.2 Å². The van der Waals surface area contributed by atoms with Crippen molar-refractivity contribution in [3.63, 3.8) is 0 Å². The SMILES string of the molecule is CCOC(=O)[C@H]1CCCN(C(=O)COC(=O)c2cccs2)C1. The van der Waals surface area contributed by atoms with Gasteiger partial charge in [-0.2, -0.15) is 0 Å². The van der Waals surface area contributed by atoms with Gasteiger partial charge in [-0.3, -0.25) is 9.59 Å². The zero-order chi connectivity index (χ0) is 15.9. The average Bonchev–Trinajstić information content (AvgIpc) is 3.07. The summed E-state index contributed by atoms with van der Waals surface area (Å²) in [4.78, 5) is 37.6. The smallest absolute Gasteiger partial charge is 0.348 e. The highest BCUT2D eigenvalue weighted by Gasteiger charge is 2.29. The van der Waals surface area contributed by atoms with Crippen LogP contribution in [0.15, 0.2) is 17.5 Å². The Morgan fingerprint density at radius 3 is 2.86 bits per heavy atom. The van der Waals surface area contributed by atoms with E-state index in [0.29, 0.717) is 24.6 Å². The number of ether oxygens (including phenoxy) is 2. The molecule has 1 saturated heterocycles. The highest BCUT2D eigenvalue weighted by atomic mass is 32.1. The lowest BCUT2D eigenvalue weighted by Gasteiger charge is -2.31. The Morgan fingerprint density at radius 2 is 2.18 bits per heavy atom. The monoisotopic (exact) mass is 325 g/mol. The van der Waals surface area contributed by atoms with Gasteiger partial charge in [0.25, 0.3) is 5.91 Å². The molecule has 2 heterocycles. The van der Waals surface area contributed by atoms with E-state index in [2.05, 4.69) is 0 Å². The number of hydrogen-bond acceptors (Lipinski definition) is 6. The van der Waals surface area contributed by atoms with Crippen LogP contribution < -0.4 is 0 Å². The summed E-state index contributed by atoms with van der Waals surface area (Å²) >= 11 is 1.27. The van der Waals surface area contributed by atoms with Crippen molar-refractivity contribution in [2.24, 2.45) is 5.92 Å². The molecular weight excluding hydrogens is 306 g/mol. The van der Waals surface area contributed by atoms with E-state index in [4.69, 9.17) is 9.47 Å². The minimum Gasteiger partial charge on any atom is -0.466 e. The van der Waals surface area contributed by atoms with Crippen LogP contribution in [-0.2, 0) is 19.1 Å². The number of carbonyl (C=O) groups excluding carboxylic acids is 3. The maximum absolute atomic E-state index is 12.1. The summed E-state index contributed by atoms with van der Waals surface area (Å²) < 4.78 is 10.0. The van der Waals surface area contributed by atoms with Gasteiger partial charge in [0.05, 0.1) is 12.5 Å². The molecule has 0 spiro atoms. The van der Waals surface area contributed by atoms with Gasteiger partial charge < -0.3 is 14.4 Å². The van der Waals surface area contributed by atoms with Crippen molar-refractivity contribution in [1.29, 1.82) is 0 Å². The molecular formula is C15H19NO5S. The molecule has 0 radical (unpaired) electrons. The molecule has 0 aromatic carbocycles. The largest absolute Gasteiger partial charge is 0.466 e. The molecule has 0 N–H and O–H groups in total. The number of carbonyl (C=O) groups is 3. The lowest BCUT2D eigenvalue weighted by Crippen LogP contribution is -2.44. The third-order valence-electron chi connectivity index (χ3n) is 3.44. The molecule has 1 fully saturated rings. The van der Waals surface area contributed by atoms with E-state index < -0.39 is 5.97 Å². The Balaban J connectivity index is 1.81. The van der Waals surface area contributed by atoms with Crippen molar-refractivity contribution in [2.45, 2.75) is 19.8 Å². The Morgan fingerprint density at radius 1 is 1.36 bits per heavy atom. The van der Waals surface area contributed by atoms with Crippen LogP contribution in [0.2, 0.25) is 0 Å². The summed E-state index contributed by atoms with van der Waals surface area (Å²) in [6.45, 7) is 2.70. The summed E-state index contributed by atoms with van der Waals surface area (Å²) in [6.07, 6.45) is 1.46. The maximum Gasteiger partial charge on any atom is 0.348 e. The predicted octanol–water partition coefficient (Wildman–Crippen LogP) is 1.71. The Hall–Kier alpha value is -1.89. The third kappa shape index (κ3) is 4.30. The molecule has 6 nitrogen and oxygen atoms in total. The minimum atomic E-state index is -0.498. The van der Waals surface area contributed by atoms with Crippen LogP contribution in [0.25, 0.3) is 0 Å². The van der Waals surface area contributed by atoms with E-state index in [1.807, 2.05) is 0 Å². The van der Waals surface area contributed by atoms with Crippen LogP contribution in [0.3, 0.4) is 0 Å². The average molecular weight is 325 g/mol. The molecule has 1 amide bonds. The summed E-state index contributed by atoms with van der Waals surface area (Å²) in [5, 5.41) is 1.77. The highest BCUT2D eigenvalue weighted by Crippen LogP contribution is 2.18. The van der Waals surface area contributed by atoms with Crippen molar-refractivity contribution in [2.75, 3.05) is 26.3 Å². The molecule has 22 heavy (non-hydrogen) atoms. The first kappa shape index (κ1) is 16.5. The first-order chi connectivity index (χ1) is 10.6. The van der Waals surface area contributed by atoms with Crippen LogP contribution in [0.5, 0.6) is 0 Å². The molecule has 120 valence electrons. The second-order valence-corrected chi connectivity index (χ2v) is 5.93. The van der Waals surface area contributed by atoms with E-state index in [-0.39, 0.29) is 24.4 Å². The number of esters is 2. The standard InChI is InChI=1S/C15H19NO5S/c1-2-20-14(18)11-5-3-7-16(9-11)13(17)10-21-15(19)12-6-4-8-22-12/h4,6,8,11H,2-3,5,7,9-10H2,1H3/t11-/m0/s1. The normalized spacial score (nSPS) is 17.9. The summed E-state index contributed by atoms with van der Waals surface area (Å²) in [6, 6.07) is 3.40. The van der Waals surface area contributed by atoms with Gasteiger partial charge in [-0.15, -0.1) is 11.3 Å². The Kier molecular flexibility index (Phi) is 5.94. The predicted molar refractivity (Wildman–Crippen MR) is 80.5 cm³/mol. The number of rotatable bonds is 5. The van der Waals surface area contributed by atoms with Crippen LogP contribution in [0, 0.1) is 5.92 Å².